The Morgan fingerprint density at radius 3 is 2.11 bits per heavy atom. The third-order valence-electron chi connectivity index (χ3n) is 6.85. The second kappa shape index (κ2) is 6.38. The number of carbonyl (C=O) groups is 1. The minimum atomic E-state index is -0.363. The number of fused-ring (bicyclic) bond motifs is 1. The first-order valence-corrected chi connectivity index (χ1v) is 10.1. The summed E-state index contributed by atoms with van der Waals surface area (Å²) in [4.78, 5) is 20.0. The molecule has 1 spiro atoms. The molecule has 0 N–H and O–H groups in total. The largest absolute Gasteiger partial charge is 0.339 e. The minimum Gasteiger partial charge on any atom is -0.339 e. The fraction of sp³-hybridized carbons (Fsp3) is 0.435. The van der Waals surface area contributed by atoms with Gasteiger partial charge in [-0.2, -0.15) is 0 Å². The molecular formula is C23H27N3O. The van der Waals surface area contributed by atoms with Crippen LogP contribution in [0.1, 0.15) is 24.0 Å². The Morgan fingerprint density at radius 2 is 1.48 bits per heavy atom. The van der Waals surface area contributed by atoms with Gasteiger partial charge in [-0.3, -0.25) is 9.69 Å². The predicted octanol–water partition coefficient (Wildman–Crippen LogP) is 2.92. The van der Waals surface area contributed by atoms with Crippen LogP contribution in [0.5, 0.6) is 0 Å². The van der Waals surface area contributed by atoms with Crippen molar-refractivity contribution in [3.63, 3.8) is 0 Å². The lowest BCUT2D eigenvalue weighted by atomic mass is 9.84. The van der Waals surface area contributed by atoms with Crippen molar-refractivity contribution >= 4 is 11.6 Å². The Labute approximate surface area is 161 Å². The molecule has 0 unspecified atom stereocenters. The van der Waals surface area contributed by atoms with Gasteiger partial charge in [0, 0.05) is 31.9 Å². The van der Waals surface area contributed by atoms with Crippen LogP contribution in [0, 0.1) is 0 Å². The molecule has 1 aliphatic carbocycles. The molecule has 27 heavy (non-hydrogen) atoms. The first-order chi connectivity index (χ1) is 13.2. The van der Waals surface area contributed by atoms with Gasteiger partial charge >= 0.3 is 0 Å². The number of benzene rings is 2. The van der Waals surface area contributed by atoms with Crippen LogP contribution >= 0.6 is 0 Å². The van der Waals surface area contributed by atoms with E-state index >= 15 is 0 Å². The highest BCUT2D eigenvalue weighted by molar-refractivity contribution is 5.93. The Hall–Kier alpha value is -2.33. The molecular weight excluding hydrogens is 334 g/mol. The van der Waals surface area contributed by atoms with Crippen molar-refractivity contribution in [1.29, 1.82) is 0 Å². The van der Waals surface area contributed by atoms with Gasteiger partial charge in [0.05, 0.1) is 6.67 Å². The standard InChI is InChI=1S/C23H27N3O/c1-24-17-26(20-9-3-2-4-10-20)23(22(24)27)11-13-25(14-12-23)21-15-18-7-5-6-8-19(18)16-21/h2-10,21H,11-17H2,1H3. The van der Waals surface area contributed by atoms with Gasteiger partial charge in [-0.1, -0.05) is 42.5 Å². The molecule has 1 amide bonds. The van der Waals surface area contributed by atoms with E-state index < -0.39 is 0 Å². The molecule has 4 nitrogen and oxygen atoms in total. The number of para-hydroxylation sites is 1. The van der Waals surface area contributed by atoms with E-state index in [4.69, 9.17) is 0 Å². The molecule has 0 atom stereocenters. The number of likely N-dealkylation sites (tertiary alicyclic amines) is 1. The van der Waals surface area contributed by atoms with E-state index in [0.717, 1.165) is 44.5 Å². The van der Waals surface area contributed by atoms with Gasteiger partial charge in [0.2, 0.25) is 5.91 Å². The molecule has 2 aromatic carbocycles. The number of anilines is 1. The first kappa shape index (κ1) is 16.8. The minimum absolute atomic E-state index is 0.292. The average molecular weight is 361 g/mol. The molecule has 0 bridgehead atoms. The van der Waals surface area contributed by atoms with Gasteiger partial charge in [0.25, 0.3) is 0 Å². The summed E-state index contributed by atoms with van der Waals surface area (Å²) in [6.45, 7) is 2.70. The fourth-order valence-corrected chi connectivity index (χ4v) is 5.36. The highest BCUT2D eigenvalue weighted by atomic mass is 16.2. The smallest absolute Gasteiger partial charge is 0.249 e. The molecule has 2 heterocycles. The number of hydrogen-bond acceptors (Lipinski definition) is 3. The molecule has 5 rings (SSSR count). The number of amides is 1. The first-order valence-electron chi connectivity index (χ1n) is 10.1. The molecule has 0 saturated carbocycles. The van der Waals surface area contributed by atoms with Gasteiger partial charge < -0.3 is 9.80 Å². The summed E-state index contributed by atoms with van der Waals surface area (Å²) in [6, 6.07) is 19.9. The van der Waals surface area contributed by atoms with E-state index in [0.29, 0.717) is 18.6 Å². The molecule has 3 aliphatic rings. The number of piperidine rings is 1. The normalized spacial score (nSPS) is 22.6. The lowest BCUT2D eigenvalue weighted by molar-refractivity contribution is -0.132. The second-order valence-electron chi connectivity index (χ2n) is 8.31. The van der Waals surface area contributed by atoms with E-state index in [9.17, 15) is 4.79 Å². The summed E-state index contributed by atoms with van der Waals surface area (Å²) in [5, 5.41) is 0. The van der Waals surface area contributed by atoms with Crippen LogP contribution in [0.3, 0.4) is 0 Å². The topological polar surface area (TPSA) is 26.8 Å². The van der Waals surface area contributed by atoms with Gasteiger partial charge in [-0.25, -0.2) is 0 Å². The van der Waals surface area contributed by atoms with Gasteiger partial charge in [-0.15, -0.1) is 0 Å². The Morgan fingerprint density at radius 1 is 0.889 bits per heavy atom. The van der Waals surface area contributed by atoms with Gasteiger partial charge in [0.1, 0.15) is 5.54 Å². The summed E-state index contributed by atoms with van der Waals surface area (Å²) in [6.07, 6.45) is 4.13. The molecule has 2 aromatic rings. The van der Waals surface area contributed by atoms with Crippen molar-refractivity contribution in [3.8, 4) is 0 Å². The zero-order valence-corrected chi connectivity index (χ0v) is 16.0. The third kappa shape index (κ3) is 2.66. The van der Waals surface area contributed by atoms with Crippen LogP contribution in [0.2, 0.25) is 0 Å². The van der Waals surface area contributed by atoms with E-state index in [1.165, 1.54) is 11.1 Å². The van der Waals surface area contributed by atoms with Crippen molar-refractivity contribution in [1.82, 2.24) is 9.80 Å². The Balaban J connectivity index is 1.34. The SMILES string of the molecule is CN1CN(c2ccccc2)C2(CCN(C3Cc4ccccc4C3)CC2)C1=O. The van der Waals surface area contributed by atoms with Crippen molar-refractivity contribution in [2.75, 3.05) is 31.7 Å². The van der Waals surface area contributed by atoms with E-state index in [-0.39, 0.29) is 5.54 Å². The van der Waals surface area contributed by atoms with Crippen LogP contribution in [-0.2, 0) is 17.6 Å². The molecule has 0 radical (unpaired) electrons. The maximum atomic E-state index is 13.1. The van der Waals surface area contributed by atoms with Crippen molar-refractivity contribution in [2.24, 2.45) is 0 Å². The molecule has 0 aromatic heterocycles. The Bertz CT molecular complexity index is 817. The molecule has 140 valence electrons. The van der Waals surface area contributed by atoms with Crippen LogP contribution in [-0.4, -0.2) is 54.1 Å². The summed E-state index contributed by atoms with van der Waals surface area (Å²) in [5.74, 6) is 0.292. The monoisotopic (exact) mass is 361 g/mol. The molecule has 2 aliphatic heterocycles. The van der Waals surface area contributed by atoms with Crippen molar-refractivity contribution < 1.29 is 4.79 Å². The number of carbonyl (C=O) groups excluding carboxylic acids is 1. The van der Waals surface area contributed by atoms with Gasteiger partial charge in [-0.05, 0) is 48.9 Å². The maximum Gasteiger partial charge on any atom is 0.249 e. The van der Waals surface area contributed by atoms with Crippen LogP contribution < -0.4 is 4.90 Å². The average Bonchev–Trinajstić information content (AvgIpc) is 3.25. The molecule has 2 saturated heterocycles. The highest BCUT2D eigenvalue weighted by Crippen LogP contribution is 2.40. The lowest BCUT2D eigenvalue weighted by Gasteiger charge is -2.45. The number of hydrogen-bond donors (Lipinski definition) is 0. The predicted molar refractivity (Wildman–Crippen MR) is 108 cm³/mol. The second-order valence-corrected chi connectivity index (χ2v) is 8.31. The molecule has 2 fully saturated rings. The zero-order chi connectivity index (χ0) is 18.4. The van der Waals surface area contributed by atoms with Crippen LogP contribution in [0.4, 0.5) is 5.69 Å². The Kier molecular flexibility index (Phi) is 3.97. The van der Waals surface area contributed by atoms with Crippen LogP contribution in [0.15, 0.2) is 54.6 Å². The van der Waals surface area contributed by atoms with Crippen LogP contribution in [0.25, 0.3) is 0 Å². The number of rotatable bonds is 2. The lowest BCUT2D eigenvalue weighted by Crippen LogP contribution is -2.58. The number of likely N-dealkylation sites (N-methyl/N-ethyl adjacent to an activating group) is 1. The fourth-order valence-electron chi connectivity index (χ4n) is 5.36. The van der Waals surface area contributed by atoms with Crippen molar-refractivity contribution in [2.45, 2.75) is 37.3 Å². The quantitative estimate of drug-likeness (QED) is 0.823. The molecule has 4 heteroatoms. The van der Waals surface area contributed by atoms with Crippen molar-refractivity contribution in [3.05, 3.63) is 65.7 Å². The third-order valence-corrected chi connectivity index (χ3v) is 6.85. The summed E-state index contributed by atoms with van der Waals surface area (Å²) >= 11 is 0. The van der Waals surface area contributed by atoms with E-state index in [1.54, 1.807) is 0 Å². The zero-order valence-electron chi connectivity index (χ0n) is 16.0. The van der Waals surface area contributed by atoms with E-state index in [1.807, 2.05) is 18.0 Å². The maximum absolute atomic E-state index is 13.1. The summed E-state index contributed by atoms with van der Waals surface area (Å²) < 4.78 is 0. The highest BCUT2D eigenvalue weighted by Gasteiger charge is 2.53. The summed E-state index contributed by atoms with van der Waals surface area (Å²) in [5.41, 5.74) is 3.81. The van der Waals surface area contributed by atoms with E-state index in [2.05, 4.69) is 58.3 Å². The number of nitrogens with zero attached hydrogens (tertiary/aromatic N) is 3. The van der Waals surface area contributed by atoms with Gasteiger partial charge in [0.15, 0.2) is 0 Å². The summed E-state index contributed by atoms with van der Waals surface area (Å²) in [7, 11) is 1.94.